The van der Waals surface area contributed by atoms with Crippen LogP contribution in [0.15, 0.2) is 0 Å². The molecule has 0 aliphatic carbocycles. The summed E-state index contributed by atoms with van der Waals surface area (Å²) in [4.78, 5) is 0. The van der Waals surface area contributed by atoms with Gasteiger partial charge in [-0.25, -0.2) is 0 Å². The van der Waals surface area contributed by atoms with Crippen LogP contribution in [0, 0.1) is 0 Å². The van der Waals surface area contributed by atoms with Gasteiger partial charge >= 0.3 is 0 Å². The van der Waals surface area contributed by atoms with Crippen molar-refractivity contribution in [2.24, 2.45) is 0 Å². The molecule has 28 heavy (non-hydrogen) atoms. The summed E-state index contributed by atoms with van der Waals surface area (Å²) in [6.45, 7) is 5.53. The SMILES string of the molecule is OCCOCCOCCOCCO.OCCOCCOCCOCCO.[Br-].[Br-]. The lowest BCUT2D eigenvalue weighted by atomic mass is 10.7. The number of halogens is 2. The van der Waals surface area contributed by atoms with Crippen LogP contribution in [-0.4, -0.2) is 126 Å². The van der Waals surface area contributed by atoms with Gasteiger partial charge < -0.3 is 82.8 Å². The molecule has 0 aromatic rings. The van der Waals surface area contributed by atoms with Crippen LogP contribution in [0.25, 0.3) is 0 Å². The lowest BCUT2D eigenvalue weighted by Crippen LogP contribution is -3.00. The van der Waals surface area contributed by atoms with Gasteiger partial charge in [-0.2, -0.15) is 0 Å². The van der Waals surface area contributed by atoms with E-state index in [0.29, 0.717) is 79.3 Å². The summed E-state index contributed by atoms with van der Waals surface area (Å²) in [6, 6.07) is 0. The molecule has 12 heteroatoms. The Balaban J connectivity index is -0.000000192. The molecular weight excluding hydrogens is 512 g/mol. The lowest BCUT2D eigenvalue weighted by molar-refractivity contribution is -0.001000. The zero-order valence-corrected chi connectivity index (χ0v) is 19.5. The Bertz CT molecular complexity index is 190. The second kappa shape index (κ2) is 38.2. The topological polar surface area (TPSA) is 136 Å². The molecule has 0 aromatic heterocycles. The van der Waals surface area contributed by atoms with E-state index in [-0.39, 0.29) is 60.4 Å². The van der Waals surface area contributed by atoms with Crippen molar-refractivity contribution in [1.29, 1.82) is 0 Å². The average Bonchev–Trinajstić information content (AvgIpc) is 2.66. The first-order valence-electron chi connectivity index (χ1n) is 8.73. The van der Waals surface area contributed by atoms with Crippen LogP contribution >= 0.6 is 0 Å². The quantitative estimate of drug-likeness (QED) is 0.109. The molecule has 0 bridgehead atoms. The van der Waals surface area contributed by atoms with Crippen LogP contribution in [0.1, 0.15) is 0 Å². The maximum Gasteiger partial charge on any atom is 0.0701 e. The number of hydrogen-bond donors (Lipinski definition) is 4. The molecule has 0 radical (unpaired) electrons. The van der Waals surface area contributed by atoms with Crippen molar-refractivity contribution in [3.05, 3.63) is 0 Å². The molecule has 10 nitrogen and oxygen atoms in total. The highest BCUT2D eigenvalue weighted by molar-refractivity contribution is 4.34. The van der Waals surface area contributed by atoms with Crippen LogP contribution in [0.3, 0.4) is 0 Å². The third kappa shape index (κ3) is 41.0. The molecule has 0 spiro atoms. The van der Waals surface area contributed by atoms with Crippen molar-refractivity contribution in [1.82, 2.24) is 0 Å². The van der Waals surface area contributed by atoms with E-state index in [1.54, 1.807) is 0 Å². The molecular formula is C16H36Br2O10-2. The van der Waals surface area contributed by atoms with Crippen LogP contribution in [0.2, 0.25) is 0 Å². The van der Waals surface area contributed by atoms with E-state index >= 15 is 0 Å². The van der Waals surface area contributed by atoms with Gasteiger partial charge in [0.1, 0.15) is 0 Å². The largest absolute Gasteiger partial charge is 1.00 e. The first kappa shape index (κ1) is 36.0. The van der Waals surface area contributed by atoms with Crippen molar-refractivity contribution in [2.75, 3.05) is 106 Å². The highest BCUT2D eigenvalue weighted by Crippen LogP contribution is 1.81. The van der Waals surface area contributed by atoms with Crippen molar-refractivity contribution in [2.45, 2.75) is 0 Å². The third-order valence-electron chi connectivity index (χ3n) is 2.43. The summed E-state index contributed by atoms with van der Waals surface area (Å²) >= 11 is 0. The number of rotatable bonds is 20. The van der Waals surface area contributed by atoms with Gasteiger partial charge in [0.15, 0.2) is 0 Å². The lowest BCUT2D eigenvalue weighted by Gasteiger charge is -2.04. The van der Waals surface area contributed by atoms with E-state index in [4.69, 9.17) is 48.8 Å². The van der Waals surface area contributed by atoms with Gasteiger partial charge in [-0.05, 0) is 0 Å². The van der Waals surface area contributed by atoms with E-state index in [1.165, 1.54) is 0 Å². The molecule has 0 rings (SSSR count). The van der Waals surface area contributed by atoms with Gasteiger partial charge in [0.2, 0.25) is 0 Å². The molecule has 4 N–H and O–H groups in total. The van der Waals surface area contributed by atoms with Crippen molar-refractivity contribution in [3.8, 4) is 0 Å². The molecule has 0 aliphatic heterocycles. The summed E-state index contributed by atoms with van der Waals surface area (Å²) in [7, 11) is 0. The fraction of sp³-hybridized carbons (Fsp3) is 1.00. The Morgan fingerprint density at radius 2 is 0.429 bits per heavy atom. The number of aliphatic hydroxyl groups is 4. The van der Waals surface area contributed by atoms with Crippen molar-refractivity contribution in [3.63, 3.8) is 0 Å². The number of ether oxygens (including phenoxy) is 6. The van der Waals surface area contributed by atoms with Gasteiger partial charge in [-0.1, -0.05) is 0 Å². The fourth-order valence-electron chi connectivity index (χ4n) is 1.34. The smallest absolute Gasteiger partial charge is 0.0701 e. The molecule has 0 saturated heterocycles. The zero-order chi connectivity index (χ0) is 19.6. The molecule has 0 fully saturated rings. The molecule has 0 heterocycles. The minimum absolute atomic E-state index is 0. The van der Waals surface area contributed by atoms with Crippen LogP contribution in [-0.2, 0) is 28.4 Å². The molecule has 0 aromatic carbocycles. The second-order valence-corrected chi connectivity index (χ2v) is 4.57. The summed E-state index contributed by atoms with van der Waals surface area (Å²) in [5, 5.41) is 33.4. The average molecular weight is 548 g/mol. The molecule has 0 amide bonds. The summed E-state index contributed by atoms with van der Waals surface area (Å²) in [5.74, 6) is 0. The Morgan fingerprint density at radius 1 is 0.286 bits per heavy atom. The molecule has 0 saturated carbocycles. The highest BCUT2D eigenvalue weighted by atomic mass is 79.9. The van der Waals surface area contributed by atoms with Gasteiger partial charge in [0.05, 0.1) is 106 Å². The predicted molar refractivity (Wildman–Crippen MR) is 93.3 cm³/mol. The standard InChI is InChI=1S/2C8H18O5.2BrH/c2*9-1-3-11-5-7-13-8-6-12-4-2-10;;/h2*9-10H,1-8H2;2*1H/p-2. The molecule has 0 unspecified atom stereocenters. The van der Waals surface area contributed by atoms with Gasteiger partial charge in [-0.15, -0.1) is 0 Å². The van der Waals surface area contributed by atoms with Crippen LogP contribution < -0.4 is 34.0 Å². The summed E-state index contributed by atoms with van der Waals surface area (Å²) in [5.41, 5.74) is 0. The maximum absolute atomic E-state index is 8.36. The Morgan fingerprint density at radius 3 is 0.571 bits per heavy atom. The van der Waals surface area contributed by atoms with E-state index in [9.17, 15) is 0 Å². The molecule has 0 aliphatic rings. The minimum atomic E-state index is 0. The summed E-state index contributed by atoms with van der Waals surface area (Å²) < 4.78 is 30.0. The monoisotopic (exact) mass is 546 g/mol. The van der Waals surface area contributed by atoms with Gasteiger partial charge in [-0.3, -0.25) is 0 Å². The Labute approximate surface area is 188 Å². The number of hydrogen-bond acceptors (Lipinski definition) is 10. The zero-order valence-electron chi connectivity index (χ0n) is 16.3. The first-order valence-corrected chi connectivity index (χ1v) is 8.73. The van der Waals surface area contributed by atoms with Gasteiger partial charge in [0, 0.05) is 0 Å². The van der Waals surface area contributed by atoms with E-state index in [1.807, 2.05) is 0 Å². The molecule has 176 valence electrons. The Kier molecular flexibility index (Phi) is 49.1. The van der Waals surface area contributed by atoms with Crippen LogP contribution in [0.5, 0.6) is 0 Å². The maximum atomic E-state index is 8.36. The second-order valence-electron chi connectivity index (χ2n) is 4.57. The van der Waals surface area contributed by atoms with Crippen molar-refractivity contribution < 1.29 is 82.8 Å². The normalized spacial score (nSPS) is 9.86. The summed E-state index contributed by atoms with van der Waals surface area (Å²) in [6.07, 6.45) is 0. The van der Waals surface area contributed by atoms with Crippen molar-refractivity contribution >= 4 is 0 Å². The van der Waals surface area contributed by atoms with Crippen LogP contribution in [0.4, 0.5) is 0 Å². The fourth-order valence-corrected chi connectivity index (χ4v) is 1.34. The predicted octanol–water partition coefficient (Wildman–Crippen LogP) is -7.95. The van der Waals surface area contributed by atoms with Gasteiger partial charge in [0.25, 0.3) is 0 Å². The van der Waals surface area contributed by atoms with E-state index in [0.717, 1.165) is 0 Å². The molecule has 0 atom stereocenters. The first-order chi connectivity index (χ1) is 12.8. The number of aliphatic hydroxyl groups excluding tert-OH is 4. The third-order valence-corrected chi connectivity index (χ3v) is 2.43. The highest BCUT2D eigenvalue weighted by Gasteiger charge is 1.91. The minimum Gasteiger partial charge on any atom is -1.00 e. The van der Waals surface area contributed by atoms with E-state index in [2.05, 4.69) is 0 Å². The van der Waals surface area contributed by atoms with E-state index < -0.39 is 0 Å². The Hall–Kier alpha value is 0.560.